The topological polar surface area (TPSA) is 68.5 Å². The lowest BCUT2D eigenvalue weighted by Gasteiger charge is -2.10. The Morgan fingerprint density at radius 2 is 1.82 bits per heavy atom. The Morgan fingerprint density at radius 3 is 2.50 bits per heavy atom. The second-order valence-electron chi connectivity index (χ2n) is 4.88. The average molecular weight is 295 g/mol. The number of carboxylic acids is 1. The van der Waals surface area contributed by atoms with Crippen LogP contribution in [-0.4, -0.2) is 15.6 Å². The van der Waals surface area contributed by atoms with Gasteiger partial charge in [-0.2, -0.15) is 0 Å². The normalized spacial score (nSPS) is 10.6. The van der Waals surface area contributed by atoms with Crippen molar-refractivity contribution in [3.8, 4) is 11.5 Å². The predicted octanol–water partition coefficient (Wildman–Crippen LogP) is 3.03. The summed E-state index contributed by atoms with van der Waals surface area (Å²) in [5, 5.41) is 9.41. The number of hydrogen-bond donors (Lipinski definition) is 1. The number of para-hydroxylation sites is 1. The van der Waals surface area contributed by atoms with Crippen molar-refractivity contribution in [3.63, 3.8) is 0 Å². The van der Waals surface area contributed by atoms with Gasteiger partial charge in [0.1, 0.15) is 17.1 Å². The highest BCUT2D eigenvalue weighted by Gasteiger charge is 2.13. The largest absolute Gasteiger partial charge is 0.477 e. The van der Waals surface area contributed by atoms with Crippen LogP contribution in [0.15, 0.2) is 59.5 Å². The van der Waals surface area contributed by atoms with Gasteiger partial charge in [0, 0.05) is 24.7 Å². The average Bonchev–Trinajstić information content (AvgIpc) is 2.51. The summed E-state index contributed by atoms with van der Waals surface area (Å²) in [5.74, 6) is 0.0397. The number of ether oxygens (including phenoxy) is 1. The van der Waals surface area contributed by atoms with E-state index in [1.165, 1.54) is 6.20 Å². The Bertz CT molecular complexity index is 913. The molecule has 3 rings (SSSR count). The van der Waals surface area contributed by atoms with Crippen LogP contribution in [0.4, 0.5) is 0 Å². The van der Waals surface area contributed by atoms with E-state index in [9.17, 15) is 9.59 Å². The molecule has 3 aromatic rings. The summed E-state index contributed by atoms with van der Waals surface area (Å²) in [6.45, 7) is 0. The van der Waals surface area contributed by atoms with Gasteiger partial charge in [-0.25, -0.2) is 4.79 Å². The van der Waals surface area contributed by atoms with Gasteiger partial charge in [0.25, 0.3) is 0 Å². The fraction of sp³-hybridized carbons (Fsp3) is 0.0588. The van der Waals surface area contributed by atoms with Gasteiger partial charge in [-0.1, -0.05) is 18.2 Å². The van der Waals surface area contributed by atoms with E-state index in [2.05, 4.69) is 0 Å². The molecule has 5 nitrogen and oxygen atoms in total. The molecule has 0 saturated carbocycles. The van der Waals surface area contributed by atoms with Crippen molar-refractivity contribution in [2.45, 2.75) is 0 Å². The second kappa shape index (κ2) is 5.37. The first-order chi connectivity index (χ1) is 10.6. The lowest BCUT2D eigenvalue weighted by molar-refractivity contribution is 0.0695. The zero-order valence-corrected chi connectivity index (χ0v) is 11.8. The molecule has 0 aliphatic carbocycles. The van der Waals surface area contributed by atoms with Crippen LogP contribution in [0.25, 0.3) is 10.9 Å². The van der Waals surface area contributed by atoms with Crippen molar-refractivity contribution in [3.05, 3.63) is 70.5 Å². The van der Waals surface area contributed by atoms with Crippen LogP contribution < -0.4 is 10.2 Å². The Balaban J connectivity index is 2.11. The zero-order chi connectivity index (χ0) is 15.7. The first kappa shape index (κ1) is 13.9. The lowest BCUT2D eigenvalue weighted by atomic mass is 10.1. The van der Waals surface area contributed by atoms with E-state index in [1.807, 2.05) is 30.3 Å². The quantitative estimate of drug-likeness (QED) is 0.806. The molecule has 0 amide bonds. The SMILES string of the molecule is Cn1cc(C(=O)O)c(=O)c2ccc(Oc3ccccc3)cc21. The molecule has 5 heteroatoms. The third kappa shape index (κ3) is 2.44. The van der Waals surface area contributed by atoms with Gasteiger partial charge in [-0.3, -0.25) is 4.79 Å². The highest BCUT2D eigenvalue weighted by Crippen LogP contribution is 2.24. The van der Waals surface area contributed by atoms with Gasteiger partial charge in [0.2, 0.25) is 5.43 Å². The van der Waals surface area contributed by atoms with Crippen molar-refractivity contribution in [2.75, 3.05) is 0 Å². The molecular weight excluding hydrogens is 282 g/mol. The van der Waals surface area contributed by atoms with Gasteiger partial charge in [-0.15, -0.1) is 0 Å². The summed E-state index contributed by atoms with van der Waals surface area (Å²) in [4.78, 5) is 23.2. The second-order valence-corrected chi connectivity index (χ2v) is 4.88. The molecule has 0 bridgehead atoms. The van der Waals surface area contributed by atoms with Gasteiger partial charge in [0.15, 0.2) is 0 Å². The predicted molar refractivity (Wildman–Crippen MR) is 82.7 cm³/mol. The van der Waals surface area contributed by atoms with Crippen molar-refractivity contribution >= 4 is 16.9 Å². The molecular formula is C17H13NO4. The minimum Gasteiger partial charge on any atom is -0.477 e. The van der Waals surface area contributed by atoms with Crippen LogP contribution in [0.2, 0.25) is 0 Å². The van der Waals surface area contributed by atoms with Crippen LogP contribution in [-0.2, 0) is 7.05 Å². The van der Waals surface area contributed by atoms with Crippen molar-refractivity contribution in [2.24, 2.45) is 7.05 Å². The highest BCUT2D eigenvalue weighted by molar-refractivity contribution is 5.92. The number of hydrogen-bond acceptors (Lipinski definition) is 3. The number of aromatic nitrogens is 1. The molecule has 0 aliphatic rings. The number of aromatic carboxylic acids is 1. The smallest absolute Gasteiger partial charge is 0.341 e. The standard InChI is InChI=1S/C17H13NO4/c1-18-10-14(17(20)21)16(19)13-8-7-12(9-15(13)18)22-11-5-3-2-4-6-11/h2-10H,1H3,(H,20,21). The van der Waals surface area contributed by atoms with Gasteiger partial charge >= 0.3 is 5.97 Å². The number of rotatable bonds is 3. The third-order valence-electron chi connectivity index (χ3n) is 3.37. The number of carbonyl (C=O) groups is 1. The molecule has 0 fully saturated rings. The Hall–Kier alpha value is -3.08. The van der Waals surface area contributed by atoms with E-state index in [4.69, 9.17) is 9.84 Å². The molecule has 22 heavy (non-hydrogen) atoms. The van der Waals surface area contributed by atoms with Crippen LogP contribution in [0.3, 0.4) is 0 Å². The van der Waals surface area contributed by atoms with E-state index in [0.717, 1.165) is 0 Å². The molecule has 2 aromatic carbocycles. The maximum absolute atomic E-state index is 12.2. The molecule has 1 N–H and O–H groups in total. The Morgan fingerprint density at radius 1 is 1.09 bits per heavy atom. The van der Waals surface area contributed by atoms with Crippen LogP contribution >= 0.6 is 0 Å². The molecule has 0 atom stereocenters. The molecule has 0 aliphatic heterocycles. The molecule has 110 valence electrons. The van der Waals surface area contributed by atoms with Gasteiger partial charge in [-0.05, 0) is 24.3 Å². The maximum atomic E-state index is 12.2. The third-order valence-corrected chi connectivity index (χ3v) is 3.37. The fourth-order valence-corrected chi connectivity index (χ4v) is 2.30. The first-order valence-electron chi connectivity index (χ1n) is 6.66. The van der Waals surface area contributed by atoms with Crippen molar-refractivity contribution in [1.29, 1.82) is 0 Å². The van der Waals surface area contributed by atoms with E-state index >= 15 is 0 Å². The van der Waals surface area contributed by atoms with E-state index in [0.29, 0.717) is 22.4 Å². The van der Waals surface area contributed by atoms with Crippen LogP contribution in [0, 0.1) is 0 Å². The fourth-order valence-electron chi connectivity index (χ4n) is 2.30. The van der Waals surface area contributed by atoms with Crippen molar-refractivity contribution < 1.29 is 14.6 Å². The van der Waals surface area contributed by atoms with Gasteiger partial charge in [0.05, 0.1) is 5.52 Å². The van der Waals surface area contributed by atoms with E-state index < -0.39 is 11.4 Å². The number of pyridine rings is 1. The summed E-state index contributed by atoms with van der Waals surface area (Å²) >= 11 is 0. The molecule has 1 aromatic heterocycles. The summed E-state index contributed by atoms with van der Waals surface area (Å²) in [5.41, 5.74) is -0.123. The molecule has 0 unspecified atom stereocenters. The summed E-state index contributed by atoms with van der Waals surface area (Å²) in [7, 11) is 1.69. The van der Waals surface area contributed by atoms with E-state index in [-0.39, 0.29) is 5.56 Å². The highest BCUT2D eigenvalue weighted by atomic mass is 16.5. The van der Waals surface area contributed by atoms with Gasteiger partial charge < -0.3 is 14.4 Å². The molecule has 0 saturated heterocycles. The number of benzene rings is 2. The number of carboxylic acid groups (broad SMARTS) is 1. The summed E-state index contributed by atoms with van der Waals surface area (Å²) < 4.78 is 7.34. The molecule has 0 radical (unpaired) electrons. The Kier molecular flexibility index (Phi) is 3.39. The maximum Gasteiger partial charge on any atom is 0.341 e. The van der Waals surface area contributed by atoms with Crippen molar-refractivity contribution in [1.82, 2.24) is 4.57 Å². The monoisotopic (exact) mass is 295 g/mol. The summed E-state index contributed by atoms with van der Waals surface area (Å²) in [6, 6.07) is 14.2. The number of fused-ring (bicyclic) bond motifs is 1. The Labute approximate surface area is 126 Å². The van der Waals surface area contributed by atoms with Crippen LogP contribution in [0.5, 0.6) is 11.5 Å². The minimum atomic E-state index is -1.23. The van der Waals surface area contributed by atoms with E-state index in [1.54, 1.807) is 29.8 Å². The lowest BCUT2D eigenvalue weighted by Crippen LogP contribution is -2.17. The summed E-state index contributed by atoms with van der Waals surface area (Å²) in [6.07, 6.45) is 1.32. The van der Waals surface area contributed by atoms with Crippen LogP contribution in [0.1, 0.15) is 10.4 Å². The molecule has 1 heterocycles. The molecule has 0 spiro atoms. The number of aryl methyl sites for hydroxylation is 1. The minimum absolute atomic E-state index is 0.244. The number of nitrogens with zero attached hydrogens (tertiary/aromatic N) is 1. The first-order valence-corrected chi connectivity index (χ1v) is 6.66. The zero-order valence-electron chi connectivity index (χ0n) is 11.8.